The summed E-state index contributed by atoms with van der Waals surface area (Å²) in [7, 11) is 0. The van der Waals surface area contributed by atoms with E-state index in [1.165, 1.54) is 17.7 Å². The number of amides is 2. The first kappa shape index (κ1) is 18.1. The minimum Gasteiger partial charge on any atom is -0.347 e. The van der Waals surface area contributed by atoms with Crippen molar-refractivity contribution in [2.24, 2.45) is 0 Å². The normalized spacial score (nSPS) is 14.9. The number of carbonyl (C=O) groups excluding carboxylic acids is 2. The molecule has 1 aliphatic rings. The highest BCUT2D eigenvalue weighted by Gasteiger charge is 2.23. The average molecular weight is 354 g/mol. The lowest BCUT2D eigenvalue weighted by atomic mass is 9.89. The van der Waals surface area contributed by atoms with Crippen molar-refractivity contribution in [1.82, 2.24) is 10.2 Å². The molecule has 4 nitrogen and oxygen atoms in total. The molecule has 1 heterocycles. The zero-order valence-corrected chi connectivity index (χ0v) is 14.7. The van der Waals surface area contributed by atoms with Gasteiger partial charge in [0.05, 0.1) is 13.0 Å². The van der Waals surface area contributed by atoms with Gasteiger partial charge in [0.1, 0.15) is 5.82 Å². The molecule has 26 heavy (non-hydrogen) atoms. The van der Waals surface area contributed by atoms with Crippen LogP contribution in [0.1, 0.15) is 29.9 Å². The lowest BCUT2D eigenvalue weighted by molar-refractivity contribution is -0.133. The van der Waals surface area contributed by atoms with E-state index in [2.05, 4.69) is 17.4 Å². The van der Waals surface area contributed by atoms with Crippen LogP contribution < -0.4 is 5.32 Å². The SMILES string of the molecule is O=C(Cc1cccc(F)c1)NCC(=O)N1CCC(c2ccccc2)CC1. The van der Waals surface area contributed by atoms with Crippen molar-refractivity contribution < 1.29 is 14.0 Å². The fourth-order valence-corrected chi connectivity index (χ4v) is 3.37. The van der Waals surface area contributed by atoms with Crippen LogP contribution >= 0.6 is 0 Å². The Morgan fingerprint density at radius 3 is 2.46 bits per heavy atom. The maximum absolute atomic E-state index is 13.1. The Kier molecular flexibility index (Phi) is 6.00. The first-order valence-electron chi connectivity index (χ1n) is 8.95. The Hall–Kier alpha value is -2.69. The molecule has 1 aliphatic heterocycles. The number of halogens is 1. The number of carbonyl (C=O) groups is 2. The van der Waals surface area contributed by atoms with Gasteiger partial charge in [-0.1, -0.05) is 42.5 Å². The van der Waals surface area contributed by atoms with Crippen molar-refractivity contribution in [1.29, 1.82) is 0 Å². The molecule has 0 aromatic heterocycles. The van der Waals surface area contributed by atoms with E-state index in [0.29, 0.717) is 24.6 Å². The highest BCUT2D eigenvalue weighted by atomic mass is 19.1. The number of benzene rings is 2. The summed E-state index contributed by atoms with van der Waals surface area (Å²) in [5.74, 6) is -0.220. The fourth-order valence-electron chi connectivity index (χ4n) is 3.37. The number of piperidine rings is 1. The minimum absolute atomic E-state index is 0.00977. The second-order valence-electron chi connectivity index (χ2n) is 6.65. The van der Waals surface area contributed by atoms with E-state index in [9.17, 15) is 14.0 Å². The van der Waals surface area contributed by atoms with Crippen LogP contribution in [0.3, 0.4) is 0 Å². The Bertz CT molecular complexity index is 756. The molecule has 1 saturated heterocycles. The zero-order valence-electron chi connectivity index (χ0n) is 14.7. The molecule has 3 rings (SSSR count). The summed E-state index contributed by atoms with van der Waals surface area (Å²) in [6.45, 7) is 1.40. The number of rotatable bonds is 5. The molecule has 2 aromatic rings. The summed E-state index contributed by atoms with van der Waals surface area (Å²) in [5, 5.41) is 2.64. The van der Waals surface area contributed by atoms with Crippen LogP contribution in [0.5, 0.6) is 0 Å². The first-order valence-corrected chi connectivity index (χ1v) is 8.95. The van der Waals surface area contributed by atoms with Gasteiger partial charge in [-0.15, -0.1) is 0 Å². The van der Waals surface area contributed by atoms with Gasteiger partial charge in [-0.05, 0) is 42.0 Å². The topological polar surface area (TPSA) is 49.4 Å². The first-order chi connectivity index (χ1) is 12.6. The van der Waals surface area contributed by atoms with E-state index < -0.39 is 0 Å². The lowest BCUT2D eigenvalue weighted by Gasteiger charge is -2.32. The monoisotopic (exact) mass is 354 g/mol. The van der Waals surface area contributed by atoms with Crippen LogP contribution in [0.2, 0.25) is 0 Å². The van der Waals surface area contributed by atoms with E-state index in [4.69, 9.17) is 0 Å². The molecule has 0 aliphatic carbocycles. The summed E-state index contributed by atoms with van der Waals surface area (Å²) in [5.41, 5.74) is 1.92. The predicted octanol–water partition coefficient (Wildman–Crippen LogP) is 2.89. The molecule has 0 saturated carbocycles. The van der Waals surface area contributed by atoms with Gasteiger partial charge in [-0.25, -0.2) is 4.39 Å². The van der Waals surface area contributed by atoms with E-state index in [1.807, 2.05) is 23.1 Å². The Balaban J connectivity index is 1.42. The van der Waals surface area contributed by atoms with E-state index in [1.54, 1.807) is 12.1 Å². The summed E-state index contributed by atoms with van der Waals surface area (Å²) < 4.78 is 13.1. The molecular formula is C21H23FN2O2. The average Bonchev–Trinajstić information content (AvgIpc) is 2.67. The third-order valence-corrected chi connectivity index (χ3v) is 4.81. The molecule has 0 radical (unpaired) electrons. The Morgan fingerprint density at radius 1 is 1.04 bits per heavy atom. The minimum atomic E-state index is -0.368. The highest BCUT2D eigenvalue weighted by Crippen LogP contribution is 2.27. The summed E-state index contributed by atoms with van der Waals surface area (Å²) in [6, 6.07) is 16.3. The number of hydrogen-bond donors (Lipinski definition) is 1. The molecule has 136 valence electrons. The van der Waals surface area contributed by atoms with Crippen LogP contribution in [0.15, 0.2) is 54.6 Å². The molecule has 0 spiro atoms. The molecule has 2 aromatic carbocycles. The van der Waals surface area contributed by atoms with Crippen molar-refractivity contribution in [2.75, 3.05) is 19.6 Å². The van der Waals surface area contributed by atoms with E-state index in [-0.39, 0.29) is 30.6 Å². The van der Waals surface area contributed by atoms with Gasteiger partial charge in [0.2, 0.25) is 11.8 Å². The molecule has 2 amide bonds. The molecular weight excluding hydrogens is 331 g/mol. The number of nitrogens with zero attached hydrogens (tertiary/aromatic N) is 1. The van der Waals surface area contributed by atoms with Gasteiger partial charge in [0, 0.05) is 13.1 Å². The zero-order chi connectivity index (χ0) is 18.4. The molecule has 1 fully saturated rings. The largest absolute Gasteiger partial charge is 0.347 e. The maximum Gasteiger partial charge on any atom is 0.241 e. The second kappa shape index (κ2) is 8.61. The van der Waals surface area contributed by atoms with Crippen LogP contribution in [-0.4, -0.2) is 36.3 Å². The quantitative estimate of drug-likeness (QED) is 0.898. The Morgan fingerprint density at radius 2 is 1.77 bits per heavy atom. The highest BCUT2D eigenvalue weighted by molar-refractivity contribution is 5.85. The lowest BCUT2D eigenvalue weighted by Crippen LogP contribution is -2.44. The van der Waals surface area contributed by atoms with Crippen LogP contribution in [0.4, 0.5) is 4.39 Å². The molecule has 5 heteroatoms. The van der Waals surface area contributed by atoms with Crippen LogP contribution in [0.25, 0.3) is 0 Å². The molecule has 1 N–H and O–H groups in total. The van der Waals surface area contributed by atoms with Gasteiger partial charge in [-0.2, -0.15) is 0 Å². The van der Waals surface area contributed by atoms with Crippen LogP contribution in [0, 0.1) is 5.82 Å². The van der Waals surface area contributed by atoms with Crippen molar-refractivity contribution in [2.45, 2.75) is 25.2 Å². The summed E-state index contributed by atoms with van der Waals surface area (Å²) >= 11 is 0. The van der Waals surface area contributed by atoms with Crippen molar-refractivity contribution >= 4 is 11.8 Å². The van der Waals surface area contributed by atoms with Gasteiger partial charge in [-0.3, -0.25) is 9.59 Å². The summed E-state index contributed by atoms with van der Waals surface area (Å²) in [6.07, 6.45) is 1.95. The van der Waals surface area contributed by atoms with Gasteiger partial charge in [0.15, 0.2) is 0 Å². The second-order valence-corrected chi connectivity index (χ2v) is 6.65. The summed E-state index contributed by atoms with van der Waals surface area (Å²) in [4.78, 5) is 26.1. The number of nitrogens with one attached hydrogen (secondary N) is 1. The predicted molar refractivity (Wildman–Crippen MR) is 98.1 cm³/mol. The fraction of sp³-hybridized carbons (Fsp3) is 0.333. The van der Waals surface area contributed by atoms with Gasteiger partial charge < -0.3 is 10.2 Å². The van der Waals surface area contributed by atoms with E-state index >= 15 is 0 Å². The third kappa shape index (κ3) is 4.91. The molecule has 0 unspecified atom stereocenters. The number of likely N-dealkylation sites (tertiary alicyclic amines) is 1. The van der Waals surface area contributed by atoms with Crippen molar-refractivity contribution in [3.63, 3.8) is 0 Å². The van der Waals surface area contributed by atoms with Gasteiger partial charge >= 0.3 is 0 Å². The standard InChI is InChI=1S/C21H23FN2O2/c22-19-8-4-5-16(13-19)14-20(25)23-15-21(26)24-11-9-18(10-12-24)17-6-2-1-3-7-17/h1-8,13,18H,9-12,14-15H2,(H,23,25). The number of hydrogen-bond acceptors (Lipinski definition) is 2. The van der Waals surface area contributed by atoms with E-state index in [0.717, 1.165) is 12.8 Å². The smallest absolute Gasteiger partial charge is 0.241 e. The Labute approximate surface area is 153 Å². The van der Waals surface area contributed by atoms with Crippen LogP contribution in [-0.2, 0) is 16.0 Å². The third-order valence-electron chi connectivity index (χ3n) is 4.81. The molecule has 0 bridgehead atoms. The van der Waals surface area contributed by atoms with Crippen molar-refractivity contribution in [3.8, 4) is 0 Å². The molecule has 0 atom stereocenters. The van der Waals surface area contributed by atoms with Gasteiger partial charge in [0.25, 0.3) is 0 Å². The van der Waals surface area contributed by atoms with Crippen molar-refractivity contribution in [3.05, 3.63) is 71.5 Å². The maximum atomic E-state index is 13.1.